The highest BCUT2D eigenvalue weighted by Crippen LogP contribution is 2.39. The molecule has 2 aliphatic heterocycles. The summed E-state index contributed by atoms with van der Waals surface area (Å²) in [7, 11) is 0. The Morgan fingerprint density at radius 2 is 1.48 bits per heavy atom. The quantitative estimate of drug-likeness (QED) is 0.775. The summed E-state index contributed by atoms with van der Waals surface area (Å²) in [6.45, 7) is 2.36. The first kappa shape index (κ1) is 15.5. The van der Waals surface area contributed by atoms with Crippen molar-refractivity contribution in [2.45, 2.75) is 76.2 Å². The van der Waals surface area contributed by atoms with Gasteiger partial charge >= 0.3 is 0 Å². The fourth-order valence-electron chi connectivity index (χ4n) is 4.44. The zero-order valence-electron chi connectivity index (χ0n) is 13.3. The van der Waals surface area contributed by atoms with E-state index in [1.54, 1.807) is 0 Å². The molecule has 0 amide bonds. The highest BCUT2D eigenvalue weighted by molar-refractivity contribution is 5.83. The van der Waals surface area contributed by atoms with E-state index >= 15 is 0 Å². The van der Waals surface area contributed by atoms with Crippen LogP contribution in [0.5, 0.6) is 0 Å². The SMILES string of the molecule is O=C(C1CCCCCCC1)C1CCOC2(CCOCC2)C1. The minimum atomic E-state index is -0.0432. The largest absolute Gasteiger partial charge is 0.381 e. The topological polar surface area (TPSA) is 35.5 Å². The van der Waals surface area contributed by atoms with Gasteiger partial charge in [0, 0.05) is 31.7 Å². The van der Waals surface area contributed by atoms with Crippen molar-refractivity contribution in [1.29, 1.82) is 0 Å². The minimum absolute atomic E-state index is 0.0432. The number of rotatable bonds is 2. The third kappa shape index (κ3) is 3.87. The Kier molecular flexibility index (Phi) is 5.33. The molecule has 0 radical (unpaired) electrons. The van der Waals surface area contributed by atoms with Crippen molar-refractivity contribution < 1.29 is 14.3 Å². The van der Waals surface area contributed by atoms with Gasteiger partial charge in [-0.05, 0) is 38.5 Å². The number of ether oxygens (including phenoxy) is 2. The summed E-state index contributed by atoms with van der Waals surface area (Å²) in [6.07, 6.45) is 12.6. The van der Waals surface area contributed by atoms with Gasteiger partial charge in [-0.3, -0.25) is 4.79 Å². The van der Waals surface area contributed by atoms with Crippen LogP contribution in [0.25, 0.3) is 0 Å². The second-order valence-corrected chi connectivity index (χ2v) is 7.28. The van der Waals surface area contributed by atoms with Gasteiger partial charge in [0.1, 0.15) is 5.78 Å². The van der Waals surface area contributed by atoms with Crippen LogP contribution in [-0.4, -0.2) is 31.2 Å². The van der Waals surface area contributed by atoms with E-state index in [0.717, 1.165) is 58.3 Å². The van der Waals surface area contributed by atoms with E-state index in [2.05, 4.69) is 0 Å². The molecule has 0 aromatic carbocycles. The van der Waals surface area contributed by atoms with E-state index in [1.807, 2.05) is 0 Å². The van der Waals surface area contributed by atoms with E-state index in [-0.39, 0.29) is 11.5 Å². The van der Waals surface area contributed by atoms with Crippen LogP contribution >= 0.6 is 0 Å². The second kappa shape index (κ2) is 7.23. The molecule has 3 rings (SSSR count). The Bertz CT molecular complexity index is 333. The molecule has 0 aromatic rings. The summed E-state index contributed by atoms with van der Waals surface area (Å²) in [5.74, 6) is 1.15. The monoisotopic (exact) mass is 294 g/mol. The second-order valence-electron chi connectivity index (χ2n) is 7.28. The maximum Gasteiger partial charge on any atom is 0.139 e. The van der Waals surface area contributed by atoms with Crippen molar-refractivity contribution in [3.8, 4) is 0 Å². The Balaban J connectivity index is 1.60. The Morgan fingerprint density at radius 3 is 2.19 bits per heavy atom. The molecule has 0 bridgehead atoms. The molecule has 120 valence electrons. The number of hydrogen-bond acceptors (Lipinski definition) is 3. The summed E-state index contributed by atoms with van der Waals surface area (Å²) >= 11 is 0. The van der Waals surface area contributed by atoms with Crippen molar-refractivity contribution >= 4 is 5.78 Å². The van der Waals surface area contributed by atoms with E-state index in [4.69, 9.17) is 9.47 Å². The van der Waals surface area contributed by atoms with E-state index in [9.17, 15) is 4.79 Å². The molecule has 3 aliphatic rings. The fourth-order valence-corrected chi connectivity index (χ4v) is 4.44. The zero-order valence-corrected chi connectivity index (χ0v) is 13.3. The van der Waals surface area contributed by atoms with Crippen LogP contribution in [0, 0.1) is 11.8 Å². The number of carbonyl (C=O) groups is 1. The molecule has 3 heteroatoms. The molecule has 21 heavy (non-hydrogen) atoms. The number of hydrogen-bond donors (Lipinski definition) is 0. The number of carbonyl (C=O) groups excluding carboxylic acids is 1. The lowest BCUT2D eigenvalue weighted by atomic mass is 9.74. The van der Waals surface area contributed by atoms with Gasteiger partial charge in [-0.25, -0.2) is 0 Å². The van der Waals surface area contributed by atoms with E-state index < -0.39 is 0 Å². The molecule has 1 aliphatic carbocycles. The van der Waals surface area contributed by atoms with Crippen molar-refractivity contribution in [2.75, 3.05) is 19.8 Å². The molecule has 2 saturated heterocycles. The minimum Gasteiger partial charge on any atom is -0.381 e. The highest BCUT2D eigenvalue weighted by atomic mass is 16.5. The lowest BCUT2D eigenvalue weighted by molar-refractivity contribution is -0.159. The van der Waals surface area contributed by atoms with Crippen molar-refractivity contribution in [3.05, 3.63) is 0 Å². The lowest BCUT2D eigenvalue weighted by Crippen LogP contribution is -2.46. The first-order valence-corrected chi connectivity index (χ1v) is 9.05. The van der Waals surface area contributed by atoms with Gasteiger partial charge in [-0.1, -0.05) is 32.1 Å². The molecule has 1 atom stereocenters. The van der Waals surface area contributed by atoms with E-state index in [1.165, 1.54) is 32.1 Å². The van der Waals surface area contributed by atoms with Gasteiger partial charge in [0.2, 0.25) is 0 Å². The summed E-state index contributed by atoms with van der Waals surface area (Å²) in [6, 6.07) is 0. The molecular weight excluding hydrogens is 264 g/mol. The Morgan fingerprint density at radius 1 is 0.810 bits per heavy atom. The summed E-state index contributed by atoms with van der Waals surface area (Å²) in [4.78, 5) is 13.0. The average molecular weight is 294 g/mol. The molecule has 1 spiro atoms. The Labute approximate surface area is 128 Å². The normalized spacial score (nSPS) is 31.5. The van der Waals surface area contributed by atoms with Crippen LogP contribution < -0.4 is 0 Å². The third-order valence-electron chi connectivity index (χ3n) is 5.81. The number of Topliss-reactive ketones (excluding diaryl/α,β-unsaturated/α-hetero) is 1. The van der Waals surface area contributed by atoms with Crippen molar-refractivity contribution in [2.24, 2.45) is 11.8 Å². The smallest absolute Gasteiger partial charge is 0.139 e. The lowest BCUT2D eigenvalue weighted by Gasteiger charge is -2.43. The van der Waals surface area contributed by atoms with Gasteiger partial charge in [0.15, 0.2) is 0 Å². The maximum absolute atomic E-state index is 13.0. The predicted octanol–water partition coefficient (Wildman–Crippen LogP) is 3.89. The molecule has 1 saturated carbocycles. The summed E-state index contributed by atoms with van der Waals surface area (Å²) in [5, 5.41) is 0. The molecule has 1 unspecified atom stereocenters. The first-order valence-electron chi connectivity index (χ1n) is 9.05. The van der Waals surface area contributed by atoms with Gasteiger partial charge in [-0.15, -0.1) is 0 Å². The molecule has 0 N–H and O–H groups in total. The van der Waals surface area contributed by atoms with Gasteiger partial charge in [-0.2, -0.15) is 0 Å². The fraction of sp³-hybridized carbons (Fsp3) is 0.944. The van der Waals surface area contributed by atoms with Gasteiger partial charge in [0.25, 0.3) is 0 Å². The third-order valence-corrected chi connectivity index (χ3v) is 5.81. The van der Waals surface area contributed by atoms with Crippen molar-refractivity contribution in [3.63, 3.8) is 0 Å². The number of ketones is 1. The van der Waals surface area contributed by atoms with Crippen LogP contribution in [0.2, 0.25) is 0 Å². The van der Waals surface area contributed by atoms with Crippen LogP contribution in [-0.2, 0) is 14.3 Å². The van der Waals surface area contributed by atoms with Crippen LogP contribution in [0.4, 0.5) is 0 Å². The van der Waals surface area contributed by atoms with Crippen molar-refractivity contribution in [1.82, 2.24) is 0 Å². The Hall–Kier alpha value is -0.410. The maximum atomic E-state index is 13.0. The van der Waals surface area contributed by atoms with Crippen LogP contribution in [0.1, 0.15) is 70.6 Å². The molecular formula is C18H30O3. The zero-order chi connectivity index (χ0) is 14.5. The average Bonchev–Trinajstić information content (AvgIpc) is 2.47. The predicted molar refractivity (Wildman–Crippen MR) is 82.3 cm³/mol. The molecule has 3 nitrogen and oxygen atoms in total. The van der Waals surface area contributed by atoms with Gasteiger partial charge < -0.3 is 9.47 Å². The van der Waals surface area contributed by atoms with Crippen LogP contribution in [0.3, 0.4) is 0 Å². The van der Waals surface area contributed by atoms with Crippen LogP contribution in [0.15, 0.2) is 0 Å². The standard InChI is InChI=1S/C18H30O3/c19-17(15-6-4-2-1-3-5-7-15)16-8-11-21-18(14-16)9-12-20-13-10-18/h15-16H,1-14H2. The molecule has 3 fully saturated rings. The highest BCUT2D eigenvalue weighted by Gasteiger charge is 2.42. The van der Waals surface area contributed by atoms with Gasteiger partial charge in [0.05, 0.1) is 5.60 Å². The molecule has 2 heterocycles. The van der Waals surface area contributed by atoms with E-state index in [0.29, 0.717) is 11.7 Å². The first-order chi connectivity index (χ1) is 10.3. The summed E-state index contributed by atoms with van der Waals surface area (Å²) in [5.41, 5.74) is -0.0432. The molecule has 0 aromatic heterocycles. The summed E-state index contributed by atoms with van der Waals surface area (Å²) < 4.78 is 11.6.